The third-order valence-electron chi connectivity index (χ3n) is 3.93. The Balaban J connectivity index is 1.55. The molecule has 1 aromatic carbocycles. The Labute approximate surface area is 160 Å². The molecule has 2 aromatic rings. The Morgan fingerprint density at radius 3 is 2.85 bits per heavy atom. The molecule has 0 aliphatic heterocycles. The molecule has 3 rings (SSSR count). The zero-order valence-electron chi connectivity index (χ0n) is 14.6. The molecule has 1 N–H and O–H groups in total. The second-order valence-corrected chi connectivity index (χ2v) is 8.13. The zero-order chi connectivity index (χ0) is 18.4. The Bertz CT molecular complexity index is 776. The van der Waals surface area contributed by atoms with Gasteiger partial charge in [0.25, 0.3) is 0 Å². The van der Waals surface area contributed by atoms with Crippen molar-refractivity contribution in [3.8, 4) is 0 Å². The van der Waals surface area contributed by atoms with Gasteiger partial charge in [-0.3, -0.25) is 4.79 Å². The molecule has 26 heavy (non-hydrogen) atoms. The lowest BCUT2D eigenvalue weighted by Gasteiger charge is -2.23. The Morgan fingerprint density at radius 2 is 2.15 bits per heavy atom. The van der Waals surface area contributed by atoms with Gasteiger partial charge in [0.2, 0.25) is 11.0 Å². The maximum Gasteiger partial charge on any atom is 0.237 e. The van der Waals surface area contributed by atoms with Crippen LogP contribution in [0, 0.1) is 5.82 Å². The normalized spacial score (nSPS) is 13.5. The number of thioether (sulfide) groups is 1. The van der Waals surface area contributed by atoms with E-state index in [0.29, 0.717) is 10.9 Å². The average molecular weight is 393 g/mol. The Kier molecular flexibility index (Phi) is 6.62. The van der Waals surface area contributed by atoms with Crippen LogP contribution in [-0.2, 0) is 4.79 Å². The van der Waals surface area contributed by atoms with Gasteiger partial charge in [-0.2, -0.15) is 0 Å². The molecule has 0 radical (unpaired) electrons. The summed E-state index contributed by atoms with van der Waals surface area (Å²) in [5.41, 5.74) is 1.91. The molecule has 1 aliphatic carbocycles. The number of benzene rings is 1. The minimum atomic E-state index is -0.281. The van der Waals surface area contributed by atoms with Crippen LogP contribution in [0.5, 0.6) is 0 Å². The van der Waals surface area contributed by atoms with Gasteiger partial charge in [-0.25, -0.2) is 4.39 Å². The van der Waals surface area contributed by atoms with Gasteiger partial charge in [-0.15, -0.1) is 10.2 Å². The van der Waals surface area contributed by atoms with E-state index in [9.17, 15) is 9.18 Å². The summed E-state index contributed by atoms with van der Waals surface area (Å²) in [6, 6.07) is 6.06. The van der Waals surface area contributed by atoms with Crippen LogP contribution in [0.25, 0.3) is 0 Å². The van der Waals surface area contributed by atoms with E-state index in [2.05, 4.69) is 28.5 Å². The SMILES string of the molecule is CCCN(C(=O)CSc1nnc(Nc2ccc(F)cc2)s1)C1=CCCC1. The average Bonchev–Trinajstić information content (AvgIpc) is 3.31. The van der Waals surface area contributed by atoms with Crippen molar-refractivity contribution in [2.24, 2.45) is 0 Å². The summed E-state index contributed by atoms with van der Waals surface area (Å²) in [4.78, 5) is 14.5. The number of rotatable bonds is 8. The summed E-state index contributed by atoms with van der Waals surface area (Å²) in [7, 11) is 0. The van der Waals surface area contributed by atoms with E-state index in [4.69, 9.17) is 0 Å². The van der Waals surface area contributed by atoms with Crippen molar-refractivity contribution in [3.05, 3.63) is 41.9 Å². The van der Waals surface area contributed by atoms with Gasteiger partial charge in [0.1, 0.15) is 5.82 Å². The highest BCUT2D eigenvalue weighted by Crippen LogP contribution is 2.29. The first-order chi connectivity index (χ1) is 12.7. The number of hydrogen-bond acceptors (Lipinski definition) is 6. The molecule has 0 fully saturated rings. The molecule has 0 spiro atoms. The lowest BCUT2D eigenvalue weighted by molar-refractivity contribution is -0.126. The number of nitrogens with zero attached hydrogens (tertiary/aromatic N) is 3. The van der Waals surface area contributed by atoms with Crippen molar-refractivity contribution < 1.29 is 9.18 Å². The lowest BCUT2D eigenvalue weighted by Crippen LogP contribution is -2.32. The van der Waals surface area contributed by atoms with Crippen molar-refractivity contribution in [2.75, 3.05) is 17.6 Å². The molecule has 138 valence electrons. The molecule has 0 atom stereocenters. The third-order valence-corrected chi connectivity index (χ3v) is 5.89. The molecule has 0 unspecified atom stereocenters. The predicted molar refractivity (Wildman–Crippen MR) is 104 cm³/mol. The van der Waals surface area contributed by atoms with Crippen molar-refractivity contribution in [2.45, 2.75) is 36.9 Å². The van der Waals surface area contributed by atoms with Gasteiger partial charge in [0, 0.05) is 17.9 Å². The van der Waals surface area contributed by atoms with Gasteiger partial charge in [-0.05, 0) is 49.9 Å². The maximum absolute atomic E-state index is 12.9. The fourth-order valence-electron chi connectivity index (χ4n) is 2.73. The molecule has 0 bridgehead atoms. The number of hydrogen-bond donors (Lipinski definition) is 1. The molecule has 0 saturated carbocycles. The van der Waals surface area contributed by atoms with Crippen molar-refractivity contribution >= 4 is 39.8 Å². The molecule has 0 saturated heterocycles. The highest BCUT2D eigenvalue weighted by atomic mass is 32.2. The van der Waals surface area contributed by atoms with Crippen LogP contribution in [-0.4, -0.2) is 33.3 Å². The molecule has 5 nitrogen and oxygen atoms in total. The standard InChI is InChI=1S/C18H21FN4OS2/c1-2-11-23(15-5-3-4-6-15)16(24)12-25-18-22-21-17(26-18)20-14-9-7-13(19)8-10-14/h5,7-10H,2-4,6,11-12H2,1H3,(H,20,21). The minimum absolute atomic E-state index is 0.119. The zero-order valence-corrected chi connectivity index (χ0v) is 16.2. The maximum atomic E-state index is 12.9. The summed E-state index contributed by atoms with van der Waals surface area (Å²) < 4.78 is 13.7. The van der Waals surface area contributed by atoms with Crippen LogP contribution < -0.4 is 5.32 Å². The van der Waals surface area contributed by atoms with E-state index in [1.54, 1.807) is 12.1 Å². The molecule has 1 heterocycles. The van der Waals surface area contributed by atoms with Gasteiger partial charge >= 0.3 is 0 Å². The van der Waals surface area contributed by atoms with Crippen molar-refractivity contribution in [1.82, 2.24) is 15.1 Å². The van der Waals surface area contributed by atoms with Crippen LogP contribution in [0.3, 0.4) is 0 Å². The number of halogens is 1. The number of anilines is 2. The number of carbonyl (C=O) groups excluding carboxylic acids is 1. The number of allylic oxidation sites excluding steroid dienone is 2. The van der Waals surface area contributed by atoms with Gasteiger partial charge < -0.3 is 10.2 Å². The predicted octanol–water partition coefficient (Wildman–Crippen LogP) is 4.82. The second-order valence-electron chi connectivity index (χ2n) is 5.93. The number of nitrogens with one attached hydrogen (secondary N) is 1. The van der Waals surface area contributed by atoms with Gasteiger partial charge in [0.15, 0.2) is 4.34 Å². The first-order valence-electron chi connectivity index (χ1n) is 8.64. The highest BCUT2D eigenvalue weighted by molar-refractivity contribution is 8.01. The van der Waals surface area contributed by atoms with E-state index in [0.717, 1.165) is 48.0 Å². The molecule has 1 amide bonds. The van der Waals surface area contributed by atoms with E-state index in [1.165, 1.54) is 35.2 Å². The minimum Gasteiger partial charge on any atom is -0.330 e. The first-order valence-corrected chi connectivity index (χ1v) is 10.4. The summed E-state index contributed by atoms with van der Waals surface area (Å²) in [5, 5.41) is 11.9. The Hall–Kier alpha value is -1.93. The molecular formula is C18H21FN4OS2. The third kappa shape index (κ3) is 5.04. The fraction of sp³-hybridized carbons (Fsp3) is 0.389. The van der Waals surface area contributed by atoms with Crippen LogP contribution in [0.1, 0.15) is 32.6 Å². The van der Waals surface area contributed by atoms with Crippen LogP contribution in [0.15, 0.2) is 40.4 Å². The van der Waals surface area contributed by atoms with Crippen LogP contribution in [0.4, 0.5) is 15.2 Å². The van der Waals surface area contributed by atoms with Crippen LogP contribution in [0.2, 0.25) is 0 Å². The second kappa shape index (κ2) is 9.14. The number of aromatic nitrogens is 2. The smallest absolute Gasteiger partial charge is 0.237 e. The number of carbonyl (C=O) groups is 1. The first kappa shape index (κ1) is 18.8. The van der Waals surface area contributed by atoms with Gasteiger partial charge in [-0.1, -0.05) is 36.1 Å². The van der Waals surface area contributed by atoms with Gasteiger partial charge in [0.05, 0.1) is 5.75 Å². The summed E-state index contributed by atoms with van der Waals surface area (Å²) in [5.74, 6) is 0.188. The monoisotopic (exact) mass is 392 g/mol. The highest BCUT2D eigenvalue weighted by Gasteiger charge is 2.20. The lowest BCUT2D eigenvalue weighted by atomic mass is 10.3. The van der Waals surface area contributed by atoms with E-state index < -0.39 is 0 Å². The van der Waals surface area contributed by atoms with Crippen LogP contribution >= 0.6 is 23.1 Å². The van der Waals surface area contributed by atoms with Crippen molar-refractivity contribution in [3.63, 3.8) is 0 Å². The Morgan fingerprint density at radius 1 is 1.35 bits per heavy atom. The molecule has 1 aromatic heterocycles. The summed E-state index contributed by atoms with van der Waals surface area (Å²) in [6.07, 6.45) is 6.29. The van der Waals surface area contributed by atoms with E-state index in [-0.39, 0.29) is 11.7 Å². The quantitative estimate of drug-likeness (QED) is 0.653. The summed E-state index contributed by atoms with van der Waals surface area (Å²) >= 11 is 2.78. The fourth-order valence-corrected chi connectivity index (χ4v) is 4.38. The molecule has 1 aliphatic rings. The van der Waals surface area contributed by atoms with Crippen molar-refractivity contribution in [1.29, 1.82) is 0 Å². The topological polar surface area (TPSA) is 58.1 Å². The summed E-state index contributed by atoms with van der Waals surface area (Å²) in [6.45, 7) is 2.85. The van der Waals surface area contributed by atoms with E-state index in [1.807, 2.05) is 4.90 Å². The molecule has 8 heteroatoms. The van der Waals surface area contributed by atoms with E-state index >= 15 is 0 Å². The number of amides is 1. The largest absolute Gasteiger partial charge is 0.330 e. The molecular weight excluding hydrogens is 371 g/mol.